The van der Waals surface area contributed by atoms with E-state index in [2.05, 4.69) is 0 Å². The molecule has 1 aromatic carbocycles. The van der Waals surface area contributed by atoms with Gasteiger partial charge in [-0.25, -0.2) is 4.39 Å². The molecule has 0 aliphatic carbocycles. The summed E-state index contributed by atoms with van der Waals surface area (Å²) in [6.07, 6.45) is 0. The van der Waals surface area contributed by atoms with Gasteiger partial charge in [0, 0.05) is 12.1 Å². The van der Waals surface area contributed by atoms with E-state index in [0.717, 1.165) is 0 Å². The Morgan fingerprint density at radius 1 is 1.14 bits per heavy atom. The van der Waals surface area contributed by atoms with Crippen molar-refractivity contribution in [2.24, 2.45) is 5.73 Å². The predicted molar refractivity (Wildman–Crippen MR) is 89.6 cm³/mol. The Morgan fingerprint density at radius 2 is 1.68 bits per heavy atom. The third-order valence-corrected chi connectivity index (χ3v) is 4.96. The second-order valence-electron chi connectivity index (χ2n) is 6.25. The minimum absolute atomic E-state index is 0.00608. The highest BCUT2D eigenvalue weighted by molar-refractivity contribution is 6.55. The number of hydrogen-bond donors (Lipinski definition) is 1. The average Bonchev–Trinajstić information content (AvgIpc) is 2.63. The molecule has 1 aliphatic heterocycles. The summed E-state index contributed by atoms with van der Waals surface area (Å²) in [7, 11) is -1.09. The van der Waals surface area contributed by atoms with E-state index in [-0.39, 0.29) is 12.1 Å². The van der Waals surface area contributed by atoms with E-state index in [9.17, 15) is 4.39 Å². The Kier molecular flexibility index (Phi) is 4.95. The maximum atomic E-state index is 14.9. The SMILES string of the molecule is CC1(C)OB(C(F)=C(CN)c2ccc(Cl)c(Cl)c2)OC1(C)C. The zero-order valence-corrected chi connectivity index (χ0v) is 14.6. The molecule has 0 unspecified atom stereocenters. The van der Waals surface area contributed by atoms with Crippen LogP contribution in [0.15, 0.2) is 23.9 Å². The van der Waals surface area contributed by atoms with Crippen molar-refractivity contribution in [2.75, 3.05) is 6.54 Å². The minimum Gasteiger partial charge on any atom is -0.398 e. The van der Waals surface area contributed by atoms with Crippen LogP contribution in [0.5, 0.6) is 0 Å². The fraction of sp³-hybridized carbons (Fsp3) is 0.467. The van der Waals surface area contributed by atoms with Crippen LogP contribution in [0.2, 0.25) is 10.0 Å². The number of rotatable bonds is 3. The van der Waals surface area contributed by atoms with Gasteiger partial charge in [-0.1, -0.05) is 29.3 Å². The molecule has 1 aliphatic rings. The highest BCUT2D eigenvalue weighted by Gasteiger charge is 2.53. The van der Waals surface area contributed by atoms with E-state index in [1.54, 1.807) is 18.2 Å². The first-order valence-corrected chi connectivity index (χ1v) is 7.74. The molecule has 1 fully saturated rings. The van der Waals surface area contributed by atoms with Crippen LogP contribution in [0.25, 0.3) is 5.57 Å². The van der Waals surface area contributed by atoms with Crippen molar-refractivity contribution >= 4 is 35.9 Å². The highest BCUT2D eigenvalue weighted by Crippen LogP contribution is 2.40. The highest BCUT2D eigenvalue weighted by atomic mass is 35.5. The molecule has 0 bridgehead atoms. The molecule has 2 N–H and O–H groups in total. The van der Waals surface area contributed by atoms with E-state index in [1.165, 1.54) is 0 Å². The van der Waals surface area contributed by atoms with Crippen LogP contribution in [0.1, 0.15) is 33.3 Å². The van der Waals surface area contributed by atoms with Gasteiger partial charge in [0.2, 0.25) is 0 Å². The van der Waals surface area contributed by atoms with Crippen LogP contribution >= 0.6 is 23.2 Å². The summed E-state index contributed by atoms with van der Waals surface area (Å²) in [5.74, 6) is 0. The quantitative estimate of drug-likeness (QED) is 0.832. The second kappa shape index (κ2) is 6.14. The summed E-state index contributed by atoms with van der Waals surface area (Å²) in [6.45, 7) is 7.44. The van der Waals surface area contributed by atoms with E-state index in [1.807, 2.05) is 27.7 Å². The van der Waals surface area contributed by atoms with Gasteiger partial charge in [-0.15, -0.1) is 0 Å². The molecule has 0 amide bonds. The van der Waals surface area contributed by atoms with Crippen LogP contribution in [-0.2, 0) is 9.31 Å². The Labute approximate surface area is 140 Å². The maximum absolute atomic E-state index is 14.9. The van der Waals surface area contributed by atoms with Gasteiger partial charge in [-0.2, -0.15) is 0 Å². The van der Waals surface area contributed by atoms with Crippen LogP contribution in [0.4, 0.5) is 4.39 Å². The smallest absolute Gasteiger partial charge is 0.398 e. The molecule has 0 radical (unpaired) electrons. The molecule has 120 valence electrons. The largest absolute Gasteiger partial charge is 0.525 e. The zero-order valence-electron chi connectivity index (χ0n) is 13.0. The van der Waals surface area contributed by atoms with Gasteiger partial charge in [-0.05, 0) is 45.4 Å². The van der Waals surface area contributed by atoms with Crippen molar-refractivity contribution in [3.63, 3.8) is 0 Å². The molecule has 22 heavy (non-hydrogen) atoms. The molecule has 1 saturated heterocycles. The second-order valence-corrected chi connectivity index (χ2v) is 7.06. The van der Waals surface area contributed by atoms with Gasteiger partial charge >= 0.3 is 7.12 Å². The van der Waals surface area contributed by atoms with Crippen molar-refractivity contribution in [1.29, 1.82) is 0 Å². The monoisotopic (exact) mass is 345 g/mol. The number of hydrogen-bond acceptors (Lipinski definition) is 3. The summed E-state index contributed by atoms with van der Waals surface area (Å²) in [5, 5.41) is 0.740. The molecule has 0 aromatic heterocycles. The van der Waals surface area contributed by atoms with Crippen molar-refractivity contribution in [3.8, 4) is 0 Å². The summed E-state index contributed by atoms with van der Waals surface area (Å²) in [6, 6.07) is 4.85. The lowest BCUT2D eigenvalue weighted by molar-refractivity contribution is 0.00578. The van der Waals surface area contributed by atoms with Gasteiger partial charge in [-0.3, -0.25) is 0 Å². The normalized spacial score (nSPS) is 21.0. The summed E-state index contributed by atoms with van der Waals surface area (Å²) < 4.78 is 26.3. The summed E-state index contributed by atoms with van der Waals surface area (Å²) in [5.41, 5.74) is 4.78. The minimum atomic E-state index is -1.09. The van der Waals surface area contributed by atoms with Crippen molar-refractivity contribution in [2.45, 2.75) is 38.9 Å². The first kappa shape index (κ1) is 17.8. The van der Waals surface area contributed by atoms with Crippen LogP contribution in [-0.4, -0.2) is 24.9 Å². The standard InChI is InChI=1S/C15H19BCl2FNO2/c1-14(2)15(3,4)22-16(21-14)13(19)10(8-20)9-5-6-11(17)12(18)7-9/h5-7H,8,20H2,1-4H3. The lowest BCUT2D eigenvalue weighted by Crippen LogP contribution is -2.41. The molecule has 1 heterocycles. The number of nitrogens with two attached hydrogens (primary N) is 1. The first-order valence-electron chi connectivity index (χ1n) is 6.99. The van der Waals surface area contributed by atoms with Crippen LogP contribution < -0.4 is 5.73 Å². The molecule has 2 rings (SSSR count). The van der Waals surface area contributed by atoms with Crippen molar-refractivity contribution in [3.05, 3.63) is 39.5 Å². The zero-order chi connectivity index (χ0) is 16.7. The third-order valence-electron chi connectivity index (χ3n) is 4.22. The van der Waals surface area contributed by atoms with Gasteiger partial charge in [0.1, 0.15) is 5.73 Å². The molecule has 0 saturated carbocycles. The van der Waals surface area contributed by atoms with Crippen LogP contribution in [0, 0.1) is 0 Å². The lowest BCUT2D eigenvalue weighted by Gasteiger charge is -2.32. The van der Waals surface area contributed by atoms with Crippen molar-refractivity contribution < 1.29 is 13.7 Å². The average molecular weight is 346 g/mol. The van der Waals surface area contributed by atoms with E-state index >= 15 is 0 Å². The number of benzene rings is 1. The first-order chi connectivity index (χ1) is 10.1. The van der Waals surface area contributed by atoms with Gasteiger partial charge in [0.15, 0.2) is 0 Å². The van der Waals surface area contributed by atoms with Gasteiger partial charge in [0.05, 0.1) is 21.2 Å². The maximum Gasteiger partial charge on any atom is 0.525 e. The predicted octanol–water partition coefficient (Wildman–Crippen LogP) is 4.26. The molecule has 1 aromatic rings. The fourth-order valence-electron chi connectivity index (χ4n) is 2.13. The summed E-state index contributed by atoms with van der Waals surface area (Å²) in [4.78, 5) is 0. The van der Waals surface area contributed by atoms with Crippen LogP contribution in [0.3, 0.4) is 0 Å². The van der Waals surface area contributed by atoms with E-state index < -0.39 is 24.0 Å². The summed E-state index contributed by atoms with van der Waals surface area (Å²) >= 11 is 11.9. The van der Waals surface area contributed by atoms with Crippen molar-refractivity contribution in [1.82, 2.24) is 0 Å². The Balaban J connectivity index is 2.40. The molecule has 7 heteroatoms. The fourth-order valence-corrected chi connectivity index (χ4v) is 2.42. The molecular weight excluding hydrogens is 327 g/mol. The topological polar surface area (TPSA) is 44.5 Å². The third kappa shape index (κ3) is 3.19. The molecule has 0 spiro atoms. The van der Waals surface area contributed by atoms with E-state index in [4.69, 9.17) is 38.2 Å². The Bertz CT molecular complexity index is 604. The lowest BCUT2D eigenvalue weighted by atomic mass is 9.82. The molecule has 0 atom stereocenters. The van der Waals surface area contributed by atoms with Gasteiger partial charge < -0.3 is 15.0 Å². The molecule has 3 nitrogen and oxygen atoms in total. The molecular formula is C15H19BCl2FNO2. The Morgan fingerprint density at radius 3 is 2.14 bits per heavy atom. The number of halogens is 3. The Hall–Kier alpha value is -0.585. The van der Waals surface area contributed by atoms with Gasteiger partial charge in [0.25, 0.3) is 0 Å². The van der Waals surface area contributed by atoms with E-state index in [0.29, 0.717) is 15.6 Å².